The van der Waals surface area contributed by atoms with Crippen molar-refractivity contribution in [3.8, 4) is 5.75 Å². The third-order valence-electron chi connectivity index (χ3n) is 5.10. The molecule has 0 unspecified atom stereocenters. The van der Waals surface area contributed by atoms with Gasteiger partial charge in [-0.1, -0.05) is 51.5 Å². The van der Waals surface area contributed by atoms with Gasteiger partial charge in [0.05, 0.1) is 5.69 Å². The first-order valence-electron chi connectivity index (χ1n) is 10.3. The van der Waals surface area contributed by atoms with Crippen LogP contribution in [0.2, 0.25) is 0 Å². The van der Waals surface area contributed by atoms with E-state index in [0.717, 1.165) is 54.6 Å². The number of benzene rings is 2. The van der Waals surface area contributed by atoms with Crippen LogP contribution in [0.25, 0.3) is 0 Å². The van der Waals surface area contributed by atoms with E-state index in [2.05, 4.69) is 19.9 Å². The Morgan fingerprint density at radius 1 is 1.25 bits per heavy atom. The lowest BCUT2D eigenvalue weighted by Crippen LogP contribution is -2.36. The van der Waals surface area contributed by atoms with Gasteiger partial charge in [0.2, 0.25) is 5.91 Å². The molecule has 0 saturated carbocycles. The summed E-state index contributed by atoms with van der Waals surface area (Å²) in [6, 6.07) is 11.3. The fourth-order valence-electron chi connectivity index (χ4n) is 3.75. The number of carbonyl (C=O) groups excluding carboxylic acids is 1. The monoisotopic (exact) mass is 383 g/mol. The van der Waals surface area contributed by atoms with Crippen molar-refractivity contribution in [2.75, 3.05) is 11.4 Å². The number of halogens is 1. The quantitative estimate of drug-likeness (QED) is 0.615. The van der Waals surface area contributed by atoms with E-state index in [4.69, 9.17) is 4.74 Å². The number of amides is 1. The summed E-state index contributed by atoms with van der Waals surface area (Å²) in [5, 5.41) is 0. The highest BCUT2D eigenvalue weighted by Gasteiger charge is 2.26. The Hall–Kier alpha value is -2.36. The molecule has 150 valence electrons. The summed E-state index contributed by atoms with van der Waals surface area (Å²) in [6.07, 6.45) is 4.09. The second-order valence-electron chi connectivity index (χ2n) is 7.98. The second-order valence-corrected chi connectivity index (χ2v) is 7.98. The lowest BCUT2D eigenvalue weighted by atomic mass is 9.99. The summed E-state index contributed by atoms with van der Waals surface area (Å²) in [6.45, 7) is 7.16. The van der Waals surface area contributed by atoms with E-state index < -0.39 is 0 Å². The molecule has 1 aliphatic heterocycles. The third-order valence-corrected chi connectivity index (χ3v) is 5.10. The molecule has 0 radical (unpaired) electrons. The van der Waals surface area contributed by atoms with Crippen molar-refractivity contribution in [2.24, 2.45) is 5.92 Å². The lowest BCUT2D eigenvalue weighted by Gasteiger charge is -2.31. The summed E-state index contributed by atoms with van der Waals surface area (Å²) in [4.78, 5) is 14.6. The Bertz CT molecular complexity index is 831. The third kappa shape index (κ3) is 4.73. The molecule has 0 aromatic heterocycles. The number of hydrogen-bond donors (Lipinski definition) is 0. The Morgan fingerprint density at radius 3 is 2.79 bits per heavy atom. The van der Waals surface area contributed by atoms with Crippen molar-refractivity contribution >= 4 is 11.6 Å². The van der Waals surface area contributed by atoms with Crippen molar-refractivity contribution in [1.82, 2.24) is 0 Å². The summed E-state index contributed by atoms with van der Waals surface area (Å²) in [5.74, 6) is 0.983. The first kappa shape index (κ1) is 20.4. The van der Waals surface area contributed by atoms with Crippen LogP contribution in [0.5, 0.6) is 5.75 Å². The van der Waals surface area contributed by atoms with Crippen LogP contribution in [0.15, 0.2) is 36.4 Å². The van der Waals surface area contributed by atoms with Crippen molar-refractivity contribution in [1.29, 1.82) is 0 Å². The molecule has 4 heteroatoms. The van der Waals surface area contributed by atoms with Gasteiger partial charge in [0.1, 0.15) is 18.2 Å². The molecular formula is C24H30FNO2. The fraction of sp³-hybridized carbons (Fsp3) is 0.458. The van der Waals surface area contributed by atoms with Crippen LogP contribution in [0, 0.1) is 11.7 Å². The number of fused-ring (bicyclic) bond motifs is 1. The molecule has 1 aliphatic rings. The molecule has 1 amide bonds. The number of nitrogens with zero attached hydrogens (tertiary/aromatic N) is 1. The molecule has 3 nitrogen and oxygen atoms in total. The molecule has 2 aromatic carbocycles. The zero-order valence-electron chi connectivity index (χ0n) is 17.1. The molecule has 0 atom stereocenters. The van der Waals surface area contributed by atoms with Gasteiger partial charge in [-0.05, 0) is 54.0 Å². The Kier molecular flexibility index (Phi) is 6.71. The van der Waals surface area contributed by atoms with Gasteiger partial charge in [0.25, 0.3) is 0 Å². The number of ether oxygens (including phenoxy) is 1. The van der Waals surface area contributed by atoms with Gasteiger partial charge in [-0.15, -0.1) is 0 Å². The van der Waals surface area contributed by atoms with Crippen molar-refractivity contribution < 1.29 is 13.9 Å². The minimum Gasteiger partial charge on any atom is -0.487 e. The molecule has 28 heavy (non-hydrogen) atoms. The van der Waals surface area contributed by atoms with Crippen molar-refractivity contribution in [3.63, 3.8) is 0 Å². The highest BCUT2D eigenvalue weighted by molar-refractivity contribution is 5.96. The maximum Gasteiger partial charge on any atom is 0.227 e. The van der Waals surface area contributed by atoms with Crippen LogP contribution in [0.1, 0.15) is 56.7 Å². The van der Waals surface area contributed by atoms with E-state index in [9.17, 15) is 9.18 Å². The fourth-order valence-corrected chi connectivity index (χ4v) is 3.75. The predicted octanol–water partition coefficient (Wildman–Crippen LogP) is 5.68. The van der Waals surface area contributed by atoms with Gasteiger partial charge in [0, 0.05) is 13.0 Å². The summed E-state index contributed by atoms with van der Waals surface area (Å²) in [7, 11) is 0. The van der Waals surface area contributed by atoms with Crippen LogP contribution < -0.4 is 9.64 Å². The van der Waals surface area contributed by atoms with E-state index in [1.54, 1.807) is 6.07 Å². The van der Waals surface area contributed by atoms with E-state index in [0.29, 0.717) is 18.1 Å². The standard InChI is InChI=1S/C24H30FNO2/c1-4-7-19-12-11-18(15-21(19)25)16-28-22-10-5-8-20-9-6-13-26(24(20)22)23(27)14-17(2)3/h5,8,10-12,15,17H,4,6-7,9,13-14,16H2,1-3H3. The predicted molar refractivity (Wildman–Crippen MR) is 111 cm³/mol. The maximum absolute atomic E-state index is 14.2. The largest absolute Gasteiger partial charge is 0.487 e. The smallest absolute Gasteiger partial charge is 0.227 e. The van der Waals surface area contributed by atoms with E-state index in [1.807, 2.05) is 36.1 Å². The highest BCUT2D eigenvalue weighted by atomic mass is 19.1. The van der Waals surface area contributed by atoms with Crippen molar-refractivity contribution in [3.05, 3.63) is 58.9 Å². The molecule has 0 saturated heterocycles. The zero-order chi connectivity index (χ0) is 20.1. The summed E-state index contributed by atoms with van der Waals surface area (Å²) in [5.41, 5.74) is 3.58. The van der Waals surface area contributed by atoms with Crippen LogP contribution in [-0.2, 0) is 24.2 Å². The number of para-hydroxylation sites is 1. The number of anilines is 1. The Morgan fingerprint density at radius 2 is 2.07 bits per heavy atom. The Labute approximate surface area is 167 Å². The number of rotatable bonds is 7. The second kappa shape index (κ2) is 9.22. The number of aryl methyl sites for hydroxylation is 2. The van der Waals surface area contributed by atoms with Crippen LogP contribution in [-0.4, -0.2) is 12.5 Å². The van der Waals surface area contributed by atoms with Gasteiger partial charge in [-0.2, -0.15) is 0 Å². The molecule has 3 rings (SSSR count). The van der Waals surface area contributed by atoms with Gasteiger partial charge < -0.3 is 9.64 Å². The lowest BCUT2D eigenvalue weighted by molar-refractivity contribution is -0.119. The molecule has 0 N–H and O–H groups in total. The minimum absolute atomic E-state index is 0.141. The highest BCUT2D eigenvalue weighted by Crippen LogP contribution is 2.37. The van der Waals surface area contributed by atoms with E-state index in [-0.39, 0.29) is 18.3 Å². The maximum atomic E-state index is 14.2. The number of hydrogen-bond acceptors (Lipinski definition) is 2. The first-order valence-corrected chi connectivity index (χ1v) is 10.3. The Balaban J connectivity index is 1.80. The van der Waals surface area contributed by atoms with E-state index >= 15 is 0 Å². The van der Waals surface area contributed by atoms with Crippen molar-refractivity contribution in [2.45, 2.75) is 59.5 Å². The normalized spacial score (nSPS) is 13.5. The van der Waals surface area contributed by atoms with Gasteiger partial charge in [-0.3, -0.25) is 4.79 Å². The number of carbonyl (C=O) groups is 1. The van der Waals surface area contributed by atoms with Gasteiger partial charge in [0.15, 0.2) is 0 Å². The molecule has 0 spiro atoms. The molecule has 0 bridgehead atoms. The zero-order valence-corrected chi connectivity index (χ0v) is 17.1. The van der Waals surface area contributed by atoms with Crippen LogP contribution >= 0.6 is 0 Å². The van der Waals surface area contributed by atoms with E-state index in [1.165, 1.54) is 0 Å². The van der Waals surface area contributed by atoms with Crippen LogP contribution in [0.3, 0.4) is 0 Å². The molecule has 2 aromatic rings. The average Bonchev–Trinajstić information content (AvgIpc) is 2.67. The summed E-state index contributed by atoms with van der Waals surface area (Å²) < 4.78 is 20.3. The molecule has 0 aliphatic carbocycles. The molecule has 1 heterocycles. The minimum atomic E-state index is -0.174. The average molecular weight is 384 g/mol. The topological polar surface area (TPSA) is 29.5 Å². The summed E-state index contributed by atoms with van der Waals surface area (Å²) >= 11 is 0. The van der Waals surface area contributed by atoms with Gasteiger partial charge >= 0.3 is 0 Å². The molecular weight excluding hydrogens is 353 g/mol. The molecule has 0 fully saturated rings. The SMILES string of the molecule is CCCc1ccc(COc2cccc3c2N(C(=O)CC(C)C)CCC3)cc1F. The first-order chi connectivity index (χ1) is 13.5. The van der Waals surface area contributed by atoms with Gasteiger partial charge in [-0.25, -0.2) is 4.39 Å². The van der Waals surface area contributed by atoms with Crippen LogP contribution in [0.4, 0.5) is 10.1 Å².